The van der Waals surface area contributed by atoms with E-state index in [1.807, 2.05) is 0 Å². The lowest BCUT2D eigenvalue weighted by Gasteiger charge is -2.07. The SMILES string of the molecule is O=C(Oc1ccccc1/C=N/NC(=O)c1cnccn1)c1ccc(Cl)cc1. The van der Waals surface area contributed by atoms with Gasteiger partial charge in [-0.05, 0) is 36.4 Å². The summed E-state index contributed by atoms with van der Waals surface area (Å²) in [5, 5.41) is 4.39. The van der Waals surface area contributed by atoms with Crippen LogP contribution in [0.15, 0.2) is 72.2 Å². The number of hydrazone groups is 1. The first-order valence-electron chi connectivity index (χ1n) is 7.79. The number of amides is 1. The number of aromatic nitrogens is 2. The first-order chi connectivity index (χ1) is 13.1. The number of esters is 1. The number of nitrogens with one attached hydrogen (secondary N) is 1. The molecule has 0 aliphatic carbocycles. The molecule has 0 saturated carbocycles. The Hall–Kier alpha value is -3.58. The number of hydrogen-bond donors (Lipinski definition) is 1. The summed E-state index contributed by atoms with van der Waals surface area (Å²) in [5.41, 5.74) is 3.35. The summed E-state index contributed by atoms with van der Waals surface area (Å²) in [7, 11) is 0. The fourth-order valence-corrected chi connectivity index (χ4v) is 2.18. The normalized spacial score (nSPS) is 10.6. The second kappa shape index (κ2) is 8.68. The molecule has 0 fully saturated rings. The summed E-state index contributed by atoms with van der Waals surface area (Å²) in [5.74, 6) is -0.735. The van der Waals surface area contributed by atoms with Gasteiger partial charge in [0.05, 0.1) is 18.0 Å². The van der Waals surface area contributed by atoms with Crippen molar-refractivity contribution in [2.45, 2.75) is 0 Å². The van der Waals surface area contributed by atoms with Crippen molar-refractivity contribution in [2.75, 3.05) is 0 Å². The number of hydrogen-bond acceptors (Lipinski definition) is 6. The third kappa shape index (κ3) is 4.96. The maximum absolute atomic E-state index is 12.2. The second-order valence-corrected chi connectivity index (χ2v) is 5.66. The lowest BCUT2D eigenvalue weighted by molar-refractivity contribution is 0.0734. The largest absolute Gasteiger partial charge is 0.422 e. The number of benzene rings is 2. The fourth-order valence-electron chi connectivity index (χ4n) is 2.06. The molecule has 0 unspecified atom stereocenters. The topological polar surface area (TPSA) is 93.5 Å². The van der Waals surface area contributed by atoms with Crippen LogP contribution in [0.3, 0.4) is 0 Å². The molecule has 1 aromatic heterocycles. The Morgan fingerprint density at radius 3 is 2.59 bits per heavy atom. The van der Waals surface area contributed by atoms with Crippen molar-refractivity contribution in [1.82, 2.24) is 15.4 Å². The third-order valence-electron chi connectivity index (χ3n) is 3.37. The van der Waals surface area contributed by atoms with Gasteiger partial charge < -0.3 is 4.74 Å². The molecule has 8 heteroatoms. The van der Waals surface area contributed by atoms with Gasteiger partial charge >= 0.3 is 5.97 Å². The van der Waals surface area contributed by atoms with E-state index >= 15 is 0 Å². The molecule has 3 aromatic rings. The summed E-state index contributed by atoms with van der Waals surface area (Å²) in [4.78, 5) is 31.8. The van der Waals surface area contributed by atoms with E-state index < -0.39 is 11.9 Å². The molecule has 0 bridgehead atoms. The molecular weight excluding hydrogens is 368 g/mol. The molecular formula is C19H13ClN4O3. The lowest BCUT2D eigenvalue weighted by Crippen LogP contribution is -2.19. The highest BCUT2D eigenvalue weighted by Gasteiger charge is 2.11. The van der Waals surface area contributed by atoms with Crippen LogP contribution in [-0.4, -0.2) is 28.1 Å². The summed E-state index contributed by atoms with van der Waals surface area (Å²) in [6.07, 6.45) is 5.57. The van der Waals surface area contributed by atoms with E-state index in [9.17, 15) is 9.59 Å². The Bertz CT molecular complexity index is 976. The predicted octanol–water partition coefficient (Wildman–Crippen LogP) is 3.11. The first-order valence-corrected chi connectivity index (χ1v) is 8.17. The molecule has 0 atom stereocenters. The molecule has 1 amide bonds. The minimum atomic E-state index is -0.531. The van der Waals surface area contributed by atoms with Gasteiger partial charge in [-0.15, -0.1) is 0 Å². The molecule has 0 radical (unpaired) electrons. The van der Waals surface area contributed by atoms with Crippen LogP contribution in [0.4, 0.5) is 0 Å². The third-order valence-corrected chi connectivity index (χ3v) is 3.62. The van der Waals surface area contributed by atoms with Gasteiger partial charge in [-0.25, -0.2) is 15.2 Å². The quantitative estimate of drug-likeness (QED) is 0.317. The average molecular weight is 381 g/mol. The molecule has 0 aliphatic heterocycles. The van der Waals surface area contributed by atoms with Crippen molar-refractivity contribution in [1.29, 1.82) is 0 Å². The summed E-state index contributed by atoms with van der Waals surface area (Å²) >= 11 is 5.82. The van der Waals surface area contributed by atoms with Crippen molar-refractivity contribution < 1.29 is 14.3 Å². The smallest absolute Gasteiger partial charge is 0.343 e. The maximum Gasteiger partial charge on any atom is 0.343 e. The van der Waals surface area contributed by atoms with E-state index in [1.54, 1.807) is 48.5 Å². The fraction of sp³-hybridized carbons (Fsp3) is 0. The molecule has 0 aliphatic rings. The highest BCUT2D eigenvalue weighted by Crippen LogP contribution is 2.18. The highest BCUT2D eigenvalue weighted by atomic mass is 35.5. The minimum absolute atomic E-state index is 0.136. The van der Waals surface area contributed by atoms with E-state index in [0.717, 1.165) is 0 Å². The van der Waals surface area contributed by atoms with Crippen LogP contribution in [0.25, 0.3) is 0 Å². The zero-order valence-corrected chi connectivity index (χ0v) is 14.6. The average Bonchev–Trinajstić information content (AvgIpc) is 2.70. The summed E-state index contributed by atoms with van der Waals surface area (Å²) in [6, 6.07) is 13.2. The molecule has 27 heavy (non-hydrogen) atoms. The number of halogens is 1. The van der Waals surface area contributed by atoms with Crippen LogP contribution in [0.2, 0.25) is 5.02 Å². The zero-order chi connectivity index (χ0) is 19.1. The van der Waals surface area contributed by atoms with Crippen molar-refractivity contribution >= 4 is 29.7 Å². The molecule has 134 valence electrons. The van der Waals surface area contributed by atoms with Gasteiger partial charge in [0.2, 0.25) is 0 Å². The highest BCUT2D eigenvalue weighted by molar-refractivity contribution is 6.30. The predicted molar refractivity (Wildman–Crippen MR) is 99.9 cm³/mol. The van der Waals surface area contributed by atoms with Crippen molar-refractivity contribution in [2.24, 2.45) is 5.10 Å². The van der Waals surface area contributed by atoms with Crippen molar-refractivity contribution in [3.05, 3.63) is 89.0 Å². The molecule has 0 saturated heterocycles. The zero-order valence-electron chi connectivity index (χ0n) is 13.9. The molecule has 0 spiro atoms. The Morgan fingerprint density at radius 2 is 1.85 bits per heavy atom. The van der Waals surface area contributed by atoms with Gasteiger partial charge in [0.25, 0.3) is 5.91 Å². The van der Waals surface area contributed by atoms with Gasteiger partial charge in [-0.1, -0.05) is 23.7 Å². The van der Waals surface area contributed by atoms with Crippen molar-refractivity contribution in [3.8, 4) is 5.75 Å². The van der Waals surface area contributed by atoms with E-state index in [4.69, 9.17) is 16.3 Å². The lowest BCUT2D eigenvalue weighted by atomic mass is 10.2. The number of ether oxygens (including phenoxy) is 1. The van der Waals surface area contributed by atoms with Gasteiger partial charge in [0.15, 0.2) is 0 Å². The minimum Gasteiger partial charge on any atom is -0.422 e. The number of carbonyl (C=O) groups is 2. The van der Waals surface area contributed by atoms with Gasteiger partial charge in [0.1, 0.15) is 11.4 Å². The van der Waals surface area contributed by atoms with Gasteiger partial charge in [0, 0.05) is 23.0 Å². The molecule has 1 heterocycles. The first kappa shape index (κ1) is 18.2. The van der Waals surface area contributed by atoms with Gasteiger partial charge in [-0.3, -0.25) is 9.78 Å². The van der Waals surface area contributed by atoms with Crippen molar-refractivity contribution in [3.63, 3.8) is 0 Å². The molecule has 7 nitrogen and oxygen atoms in total. The number of nitrogens with zero attached hydrogens (tertiary/aromatic N) is 3. The van der Waals surface area contributed by atoms with E-state index in [-0.39, 0.29) is 5.69 Å². The van der Waals surface area contributed by atoms with E-state index in [2.05, 4.69) is 20.5 Å². The molecule has 3 rings (SSSR count). The van der Waals surface area contributed by atoms with Crippen LogP contribution >= 0.6 is 11.6 Å². The van der Waals surface area contributed by atoms with Gasteiger partial charge in [-0.2, -0.15) is 5.10 Å². The molecule has 1 N–H and O–H groups in total. The number of rotatable bonds is 5. The van der Waals surface area contributed by atoms with Crippen LogP contribution in [0.5, 0.6) is 5.75 Å². The monoisotopic (exact) mass is 380 g/mol. The standard InChI is InChI=1S/C19H13ClN4O3/c20-15-7-5-13(6-8-15)19(26)27-17-4-2-1-3-14(17)11-23-24-18(25)16-12-21-9-10-22-16/h1-12H,(H,24,25)/b23-11+. The second-order valence-electron chi connectivity index (χ2n) is 5.22. The summed E-state index contributed by atoms with van der Waals surface area (Å²) < 4.78 is 5.41. The number of para-hydroxylation sites is 1. The van der Waals surface area contributed by atoms with Crippen LogP contribution < -0.4 is 10.2 Å². The van der Waals surface area contributed by atoms with E-state index in [0.29, 0.717) is 21.9 Å². The maximum atomic E-state index is 12.2. The molecule has 2 aromatic carbocycles. The number of carbonyl (C=O) groups excluding carboxylic acids is 2. The Kier molecular flexibility index (Phi) is 5.86. The summed E-state index contributed by atoms with van der Waals surface area (Å²) in [6.45, 7) is 0. The van der Waals surface area contributed by atoms with Crippen LogP contribution in [-0.2, 0) is 0 Å². The Labute approximate surface area is 159 Å². The Morgan fingerprint density at radius 1 is 1.07 bits per heavy atom. The van der Waals surface area contributed by atoms with E-state index in [1.165, 1.54) is 24.8 Å². The Balaban J connectivity index is 1.69. The van der Waals surface area contributed by atoms with Crippen LogP contribution in [0, 0.1) is 0 Å². The van der Waals surface area contributed by atoms with Crippen LogP contribution in [0.1, 0.15) is 26.4 Å².